The van der Waals surface area contributed by atoms with Gasteiger partial charge < -0.3 is 15.0 Å². The summed E-state index contributed by atoms with van der Waals surface area (Å²) in [4.78, 5) is 5.09. The molecule has 2 saturated heterocycles. The van der Waals surface area contributed by atoms with Crippen LogP contribution in [0, 0.1) is 5.92 Å². The molecule has 0 aliphatic carbocycles. The summed E-state index contributed by atoms with van der Waals surface area (Å²) in [6.45, 7) is 14.6. The normalized spacial score (nSPS) is 31.0. The number of rotatable bonds is 6. The van der Waals surface area contributed by atoms with E-state index in [-0.39, 0.29) is 0 Å². The Morgan fingerprint density at radius 3 is 2.83 bits per heavy atom. The van der Waals surface area contributed by atoms with Crippen molar-refractivity contribution in [1.29, 1.82) is 0 Å². The molecule has 0 aromatic heterocycles. The molecule has 1 N–H and O–H groups in total. The summed E-state index contributed by atoms with van der Waals surface area (Å²) >= 11 is 0. The lowest BCUT2D eigenvalue weighted by Crippen LogP contribution is -2.47. The predicted octanol–water partition coefficient (Wildman–Crippen LogP) is 0.639. The monoisotopic (exact) mass is 255 g/mol. The Bertz CT molecular complexity index is 237. The maximum absolute atomic E-state index is 5.89. The van der Waals surface area contributed by atoms with E-state index in [1.54, 1.807) is 0 Å². The molecule has 2 aliphatic rings. The van der Waals surface area contributed by atoms with Gasteiger partial charge in [0.2, 0.25) is 0 Å². The van der Waals surface area contributed by atoms with Gasteiger partial charge in [-0.2, -0.15) is 0 Å². The molecule has 2 fully saturated rings. The van der Waals surface area contributed by atoms with Crippen molar-refractivity contribution in [2.24, 2.45) is 5.92 Å². The van der Waals surface area contributed by atoms with Crippen LogP contribution < -0.4 is 5.32 Å². The average Bonchev–Trinajstić information content (AvgIpc) is 2.84. The van der Waals surface area contributed by atoms with Crippen LogP contribution in [0.1, 0.15) is 20.3 Å². The summed E-state index contributed by atoms with van der Waals surface area (Å²) in [5.74, 6) is 0.843. The van der Waals surface area contributed by atoms with Gasteiger partial charge >= 0.3 is 0 Å². The van der Waals surface area contributed by atoms with Crippen LogP contribution in [-0.2, 0) is 4.74 Å². The van der Waals surface area contributed by atoms with Crippen molar-refractivity contribution in [1.82, 2.24) is 15.1 Å². The molecule has 0 radical (unpaired) electrons. The molecule has 4 heteroatoms. The maximum atomic E-state index is 5.89. The molecule has 0 aromatic rings. The zero-order valence-electron chi connectivity index (χ0n) is 12.0. The number of likely N-dealkylation sites (N-methyl/N-ethyl adjacent to an activating group) is 1. The van der Waals surface area contributed by atoms with E-state index in [2.05, 4.69) is 29.0 Å². The van der Waals surface area contributed by atoms with Crippen LogP contribution in [0.25, 0.3) is 0 Å². The Labute approximate surface area is 112 Å². The van der Waals surface area contributed by atoms with Gasteiger partial charge in [0.15, 0.2) is 0 Å². The lowest BCUT2D eigenvalue weighted by atomic mass is 10.1. The zero-order chi connectivity index (χ0) is 12.8. The van der Waals surface area contributed by atoms with Crippen molar-refractivity contribution < 1.29 is 4.74 Å². The van der Waals surface area contributed by atoms with E-state index >= 15 is 0 Å². The van der Waals surface area contributed by atoms with Gasteiger partial charge in [-0.25, -0.2) is 0 Å². The molecule has 106 valence electrons. The highest BCUT2D eigenvalue weighted by atomic mass is 16.5. The van der Waals surface area contributed by atoms with E-state index < -0.39 is 0 Å². The molecule has 2 atom stereocenters. The SMILES string of the molecule is CCNCC1CCN(CC2CN(CC)CCO2)C1. The van der Waals surface area contributed by atoms with Crippen LogP contribution in [0.3, 0.4) is 0 Å². The van der Waals surface area contributed by atoms with Crippen molar-refractivity contribution in [2.75, 3.05) is 59.0 Å². The standard InChI is InChI=1S/C14H29N3O/c1-3-15-9-13-5-6-17(10-13)12-14-11-16(4-2)7-8-18-14/h13-15H,3-12H2,1-2H3. The first-order chi connectivity index (χ1) is 8.81. The first kappa shape index (κ1) is 14.3. The molecule has 0 amide bonds. The van der Waals surface area contributed by atoms with Gasteiger partial charge in [0, 0.05) is 26.2 Å². The van der Waals surface area contributed by atoms with Crippen molar-refractivity contribution in [2.45, 2.75) is 26.4 Å². The fraction of sp³-hybridized carbons (Fsp3) is 1.00. The highest BCUT2D eigenvalue weighted by molar-refractivity contribution is 4.81. The topological polar surface area (TPSA) is 27.7 Å². The minimum atomic E-state index is 0.427. The average molecular weight is 255 g/mol. The lowest BCUT2D eigenvalue weighted by molar-refractivity contribution is -0.0395. The molecule has 0 saturated carbocycles. The van der Waals surface area contributed by atoms with Crippen LogP contribution in [0.15, 0.2) is 0 Å². The lowest BCUT2D eigenvalue weighted by Gasteiger charge is -2.34. The smallest absolute Gasteiger partial charge is 0.0829 e. The van der Waals surface area contributed by atoms with Gasteiger partial charge in [0.25, 0.3) is 0 Å². The molecule has 0 bridgehead atoms. The third kappa shape index (κ3) is 4.19. The minimum Gasteiger partial charge on any atom is -0.374 e. The van der Waals surface area contributed by atoms with E-state index in [9.17, 15) is 0 Å². The Kier molecular flexibility index (Phi) is 5.89. The third-order valence-corrected chi connectivity index (χ3v) is 4.18. The van der Waals surface area contributed by atoms with Crippen molar-refractivity contribution in [3.63, 3.8) is 0 Å². The van der Waals surface area contributed by atoms with Crippen LogP contribution in [-0.4, -0.2) is 74.9 Å². The fourth-order valence-electron chi connectivity index (χ4n) is 3.06. The van der Waals surface area contributed by atoms with E-state index in [0.29, 0.717) is 6.10 Å². The van der Waals surface area contributed by atoms with Crippen molar-refractivity contribution >= 4 is 0 Å². The van der Waals surface area contributed by atoms with Crippen molar-refractivity contribution in [3.05, 3.63) is 0 Å². The second kappa shape index (κ2) is 7.43. The first-order valence-corrected chi connectivity index (χ1v) is 7.58. The van der Waals surface area contributed by atoms with Gasteiger partial charge in [0.1, 0.15) is 0 Å². The molecule has 2 aliphatic heterocycles. The number of hydrogen-bond acceptors (Lipinski definition) is 4. The fourth-order valence-corrected chi connectivity index (χ4v) is 3.06. The minimum absolute atomic E-state index is 0.427. The molecule has 0 spiro atoms. The number of likely N-dealkylation sites (tertiary alicyclic amines) is 1. The number of hydrogen-bond donors (Lipinski definition) is 1. The van der Waals surface area contributed by atoms with Gasteiger partial charge in [0.05, 0.1) is 12.7 Å². The first-order valence-electron chi connectivity index (χ1n) is 7.58. The number of nitrogens with one attached hydrogen (secondary N) is 1. The molecule has 4 nitrogen and oxygen atoms in total. The van der Waals surface area contributed by atoms with Crippen LogP contribution in [0.2, 0.25) is 0 Å². The van der Waals surface area contributed by atoms with Gasteiger partial charge in [-0.15, -0.1) is 0 Å². The summed E-state index contributed by atoms with van der Waals surface area (Å²) in [6, 6.07) is 0. The summed E-state index contributed by atoms with van der Waals surface area (Å²) in [6.07, 6.45) is 1.77. The zero-order valence-corrected chi connectivity index (χ0v) is 12.0. The molecule has 2 heterocycles. The molecule has 18 heavy (non-hydrogen) atoms. The number of ether oxygens (including phenoxy) is 1. The molecule has 2 unspecified atom stereocenters. The summed E-state index contributed by atoms with van der Waals surface area (Å²) in [7, 11) is 0. The number of morpholine rings is 1. The van der Waals surface area contributed by atoms with Crippen LogP contribution in [0.4, 0.5) is 0 Å². The quantitative estimate of drug-likeness (QED) is 0.754. The van der Waals surface area contributed by atoms with E-state index in [0.717, 1.165) is 45.2 Å². The highest BCUT2D eigenvalue weighted by Crippen LogP contribution is 2.17. The second-order valence-electron chi connectivity index (χ2n) is 5.61. The Morgan fingerprint density at radius 2 is 2.06 bits per heavy atom. The summed E-state index contributed by atoms with van der Waals surface area (Å²) in [5, 5.41) is 3.46. The summed E-state index contributed by atoms with van der Waals surface area (Å²) in [5.41, 5.74) is 0. The van der Waals surface area contributed by atoms with E-state index in [1.165, 1.54) is 26.1 Å². The molecule has 2 rings (SSSR count). The van der Waals surface area contributed by atoms with E-state index in [1.807, 2.05) is 0 Å². The van der Waals surface area contributed by atoms with Crippen LogP contribution in [0.5, 0.6) is 0 Å². The molecule has 0 aromatic carbocycles. The van der Waals surface area contributed by atoms with Gasteiger partial charge in [-0.05, 0) is 38.5 Å². The van der Waals surface area contributed by atoms with E-state index in [4.69, 9.17) is 4.74 Å². The predicted molar refractivity (Wildman–Crippen MR) is 74.9 cm³/mol. The molecular weight excluding hydrogens is 226 g/mol. The Hall–Kier alpha value is -0.160. The van der Waals surface area contributed by atoms with Crippen molar-refractivity contribution in [3.8, 4) is 0 Å². The van der Waals surface area contributed by atoms with Gasteiger partial charge in [-0.3, -0.25) is 4.90 Å². The largest absolute Gasteiger partial charge is 0.374 e. The third-order valence-electron chi connectivity index (χ3n) is 4.18. The molecular formula is C14H29N3O. The highest BCUT2D eigenvalue weighted by Gasteiger charge is 2.26. The second-order valence-corrected chi connectivity index (χ2v) is 5.61. The Balaban J connectivity index is 1.67. The Morgan fingerprint density at radius 1 is 1.17 bits per heavy atom. The number of nitrogens with zero attached hydrogens (tertiary/aromatic N) is 2. The maximum Gasteiger partial charge on any atom is 0.0829 e. The van der Waals surface area contributed by atoms with Gasteiger partial charge in [-0.1, -0.05) is 13.8 Å². The summed E-state index contributed by atoms with van der Waals surface area (Å²) < 4.78 is 5.89. The van der Waals surface area contributed by atoms with Crippen LogP contribution >= 0.6 is 0 Å².